The summed E-state index contributed by atoms with van der Waals surface area (Å²) in [4.78, 5) is 0. The smallest absolute Gasteiger partial charge is 0.126 e. The molecule has 1 rings (SSSR count). The maximum Gasteiger partial charge on any atom is 0.126 e. The molecule has 0 saturated heterocycles. The lowest BCUT2D eigenvalue weighted by atomic mass is 10.1. The minimum Gasteiger partial charge on any atom is -0.207 e. The van der Waals surface area contributed by atoms with Gasteiger partial charge in [-0.05, 0) is 59.2 Å². The first-order valence-electron chi connectivity index (χ1n) is 3.74. The second-order valence-electron chi connectivity index (χ2n) is 2.53. The minimum atomic E-state index is -0.125. The van der Waals surface area contributed by atoms with Crippen LogP contribution >= 0.6 is 34.2 Å². The molecule has 1 aromatic rings. The molecule has 0 radical (unpaired) electrons. The first kappa shape index (κ1) is 10.3. The zero-order valence-corrected chi connectivity index (χ0v) is 9.40. The van der Waals surface area contributed by atoms with Crippen LogP contribution < -0.4 is 0 Å². The average Bonchev–Trinajstić information content (AvgIpc) is 2.07. The molecule has 3 heteroatoms. The number of benzene rings is 1. The first-order valence-corrected chi connectivity index (χ1v) is 5.35. The van der Waals surface area contributed by atoms with Crippen molar-refractivity contribution in [3.8, 4) is 0 Å². The Balaban J connectivity index is 2.75. The van der Waals surface area contributed by atoms with E-state index in [1.165, 1.54) is 6.07 Å². The minimum absolute atomic E-state index is 0.125. The predicted octanol–water partition coefficient (Wildman–Crippen LogP) is 3.60. The SMILES string of the molecule is Fc1ccc(I)cc1CCCCl. The maximum atomic E-state index is 13.0. The largest absolute Gasteiger partial charge is 0.207 e. The van der Waals surface area contributed by atoms with Crippen LogP contribution in [0.1, 0.15) is 12.0 Å². The van der Waals surface area contributed by atoms with Crippen molar-refractivity contribution < 1.29 is 4.39 Å². The summed E-state index contributed by atoms with van der Waals surface area (Å²) in [7, 11) is 0. The molecule has 0 aliphatic heterocycles. The number of alkyl halides is 1. The molecule has 66 valence electrons. The lowest BCUT2D eigenvalue weighted by molar-refractivity contribution is 0.607. The molecule has 0 N–H and O–H groups in total. The summed E-state index contributed by atoms with van der Waals surface area (Å²) < 4.78 is 14.1. The Hall–Kier alpha value is 0.170. The van der Waals surface area contributed by atoms with Crippen LogP contribution in [0.5, 0.6) is 0 Å². The van der Waals surface area contributed by atoms with Gasteiger partial charge in [0.25, 0.3) is 0 Å². The van der Waals surface area contributed by atoms with E-state index >= 15 is 0 Å². The zero-order chi connectivity index (χ0) is 8.97. The van der Waals surface area contributed by atoms with Crippen molar-refractivity contribution >= 4 is 34.2 Å². The molecule has 0 unspecified atom stereocenters. The van der Waals surface area contributed by atoms with Gasteiger partial charge in [0, 0.05) is 9.45 Å². The Morgan fingerprint density at radius 1 is 1.42 bits per heavy atom. The Kier molecular flexibility index (Phi) is 4.29. The summed E-state index contributed by atoms with van der Waals surface area (Å²) in [5.74, 6) is 0.464. The van der Waals surface area contributed by atoms with E-state index in [4.69, 9.17) is 11.6 Å². The molecule has 0 aliphatic carbocycles. The third-order valence-electron chi connectivity index (χ3n) is 1.59. The quantitative estimate of drug-likeness (QED) is 0.591. The number of hydrogen-bond acceptors (Lipinski definition) is 0. The normalized spacial score (nSPS) is 10.2. The highest BCUT2D eigenvalue weighted by Crippen LogP contribution is 2.14. The van der Waals surface area contributed by atoms with Crippen molar-refractivity contribution in [3.05, 3.63) is 33.1 Å². The molecule has 0 atom stereocenters. The highest BCUT2D eigenvalue weighted by Gasteiger charge is 2.01. The lowest BCUT2D eigenvalue weighted by Crippen LogP contribution is -1.92. The molecular formula is C9H9ClFI. The van der Waals surface area contributed by atoms with E-state index in [0.29, 0.717) is 5.88 Å². The van der Waals surface area contributed by atoms with Gasteiger partial charge >= 0.3 is 0 Å². The summed E-state index contributed by atoms with van der Waals surface area (Å²) in [5, 5.41) is 0. The molecule has 0 bridgehead atoms. The van der Waals surface area contributed by atoms with E-state index in [2.05, 4.69) is 22.6 Å². The van der Waals surface area contributed by atoms with E-state index in [-0.39, 0.29) is 5.82 Å². The van der Waals surface area contributed by atoms with Gasteiger partial charge < -0.3 is 0 Å². The van der Waals surface area contributed by atoms with Crippen molar-refractivity contribution in [3.63, 3.8) is 0 Å². The van der Waals surface area contributed by atoms with Crippen LogP contribution in [-0.4, -0.2) is 5.88 Å². The molecule has 0 fully saturated rings. The average molecular weight is 299 g/mol. The molecule has 0 amide bonds. The molecule has 0 heterocycles. The fourth-order valence-electron chi connectivity index (χ4n) is 0.992. The van der Waals surface area contributed by atoms with E-state index in [1.807, 2.05) is 6.07 Å². The molecule has 1 aromatic carbocycles. The maximum absolute atomic E-state index is 13.0. The van der Waals surface area contributed by atoms with Gasteiger partial charge in [-0.15, -0.1) is 11.6 Å². The van der Waals surface area contributed by atoms with E-state index in [0.717, 1.165) is 22.0 Å². The molecule has 0 saturated carbocycles. The predicted molar refractivity (Wildman–Crippen MR) is 58.2 cm³/mol. The van der Waals surface area contributed by atoms with Crippen LogP contribution in [-0.2, 0) is 6.42 Å². The molecule has 0 nitrogen and oxygen atoms in total. The summed E-state index contributed by atoms with van der Waals surface area (Å²) in [6.45, 7) is 0. The highest BCUT2D eigenvalue weighted by atomic mass is 127. The lowest BCUT2D eigenvalue weighted by Gasteiger charge is -2.01. The number of hydrogen-bond donors (Lipinski definition) is 0. The summed E-state index contributed by atoms with van der Waals surface area (Å²) in [6, 6.07) is 5.13. The summed E-state index contributed by atoms with van der Waals surface area (Å²) >= 11 is 7.69. The van der Waals surface area contributed by atoms with E-state index in [1.54, 1.807) is 6.07 Å². The fraction of sp³-hybridized carbons (Fsp3) is 0.333. The number of halogens is 3. The zero-order valence-electron chi connectivity index (χ0n) is 6.49. The molecule has 0 spiro atoms. The van der Waals surface area contributed by atoms with Crippen LogP contribution in [0.25, 0.3) is 0 Å². The summed E-state index contributed by atoms with van der Waals surface area (Å²) in [6.07, 6.45) is 1.56. The Morgan fingerprint density at radius 2 is 2.17 bits per heavy atom. The molecule has 12 heavy (non-hydrogen) atoms. The van der Waals surface area contributed by atoms with Gasteiger partial charge in [0.2, 0.25) is 0 Å². The Bertz CT molecular complexity index is 263. The van der Waals surface area contributed by atoms with Crippen molar-refractivity contribution in [1.82, 2.24) is 0 Å². The van der Waals surface area contributed by atoms with Gasteiger partial charge in [-0.1, -0.05) is 0 Å². The van der Waals surface area contributed by atoms with Crippen molar-refractivity contribution in [1.29, 1.82) is 0 Å². The van der Waals surface area contributed by atoms with Crippen LogP contribution in [0, 0.1) is 9.39 Å². The van der Waals surface area contributed by atoms with Gasteiger partial charge in [0.15, 0.2) is 0 Å². The van der Waals surface area contributed by atoms with Gasteiger partial charge in [-0.25, -0.2) is 4.39 Å². The second-order valence-corrected chi connectivity index (χ2v) is 4.15. The Labute approximate surface area is 90.3 Å². The van der Waals surface area contributed by atoms with Crippen LogP contribution in [0.3, 0.4) is 0 Å². The van der Waals surface area contributed by atoms with Crippen LogP contribution in [0.4, 0.5) is 4.39 Å². The summed E-state index contributed by atoms with van der Waals surface area (Å²) in [5.41, 5.74) is 0.766. The van der Waals surface area contributed by atoms with Gasteiger partial charge in [0.05, 0.1) is 0 Å². The van der Waals surface area contributed by atoms with Crippen molar-refractivity contribution in [2.45, 2.75) is 12.8 Å². The van der Waals surface area contributed by atoms with Gasteiger partial charge in [0.1, 0.15) is 5.82 Å². The first-order chi connectivity index (χ1) is 5.74. The van der Waals surface area contributed by atoms with Crippen LogP contribution in [0.2, 0.25) is 0 Å². The third-order valence-corrected chi connectivity index (χ3v) is 2.53. The third kappa shape index (κ3) is 2.90. The molecule has 0 aromatic heterocycles. The fourth-order valence-corrected chi connectivity index (χ4v) is 1.68. The monoisotopic (exact) mass is 298 g/mol. The van der Waals surface area contributed by atoms with E-state index < -0.39 is 0 Å². The van der Waals surface area contributed by atoms with E-state index in [9.17, 15) is 4.39 Å². The highest BCUT2D eigenvalue weighted by molar-refractivity contribution is 14.1. The van der Waals surface area contributed by atoms with Gasteiger partial charge in [-0.2, -0.15) is 0 Å². The van der Waals surface area contributed by atoms with Crippen LogP contribution in [0.15, 0.2) is 18.2 Å². The van der Waals surface area contributed by atoms with Gasteiger partial charge in [-0.3, -0.25) is 0 Å². The van der Waals surface area contributed by atoms with Crippen molar-refractivity contribution in [2.75, 3.05) is 5.88 Å². The number of rotatable bonds is 3. The van der Waals surface area contributed by atoms with Crippen molar-refractivity contribution in [2.24, 2.45) is 0 Å². The molecular weight excluding hydrogens is 289 g/mol. The standard InChI is InChI=1S/C9H9ClFI/c10-5-1-2-7-6-8(12)3-4-9(7)11/h3-4,6H,1-2,5H2. The Morgan fingerprint density at radius 3 is 2.83 bits per heavy atom. The molecule has 0 aliphatic rings. The number of aryl methyl sites for hydroxylation is 1. The topological polar surface area (TPSA) is 0 Å². The second kappa shape index (κ2) is 5.02.